The van der Waals surface area contributed by atoms with Crippen molar-refractivity contribution in [3.05, 3.63) is 98.9 Å². The van der Waals surface area contributed by atoms with E-state index in [1.165, 1.54) is 0 Å². The second kappa shape index (κ2) is 14.9. The van der Waals surface area contributed by atoms with Crippen LogP contribution in [0.5, 0.6) is 5.75 Å². The number of halogens is 1. The van der Waals surface area contributed by atoms with Gasteiger partial charge in [0.05, 0.1) is 22.7 Å². The number of hydrogen-bond acceptors (Lipinski definition) is 8. The van der Waals surface area contributed by atoms with E-state index in [0.717, 1.165) is 80.0 Å². The van der Waals surface area contributed by atoms with Crippen LogP contribution < -0.4 is 15.0 Å². The normalized spacial score (nSPS) is 21.1. The SMILES string of the molecule is [C-]#[N+]c1ccc(OC2CCN(c3ccc(C(=O)N4CCC(CN5CCc6cc7c(cc6C5)C(=O)N(C5CCC(=O)NC5=O)C7=O)CC4)cc3)CC2)cc1Cl. The highest BCUT2D eigenvalue weighted by Gasteiger charge is 2.45. The summed E-state index contributed by atoms with van der Waals surface area (Å²) in [7, 11) is 0. The largest absolute Gasteiger partial charge is 0.490 e. The number of rotatable bonds is 7. The van der Waals surface area contributed by atoms with Crippen LogP contribution in [0.25, 0.3) is 4.85 Å². The van der Waals surface area contributed by atoms with Gasteiger partial charge in [0.1, 0.15) is 17.9 Å². The number of carbonyl (C=O) groups is 5. The van der Waals surface area contributed by atoms with Gasteiger partial charge in [-0.05, 0) is 91.3 Å². The Kier molecular flexibility index (Phi) is 9.85. The summed E-state index contributed by atoms with van der Waals surface area (Å²) in [5.41, 5.74) is 4.93. The van der Waals surface area contributed by atoms with E-state index < -0.39 is 29.7 Å². The molecular weight excluding hydrogens is 708 g/mol. The van der Waals surface area contributed by atoms with Gasteiger partial charge in [-0.2, -0.15) is 0 Å². The average Bonchev–Trinajstić information content (AvgIpc) is 3.42. The molecule has 3 fully saturated rings. The van der Waals surface area contributed by atoms with Gasteiger partial charge in [-0.15, -0.1) is 0 Å². The van der Waals surface area contributed by atoms with Gasteiger partial charge >= 0.3 is 0 Å². The van der Waals surface area contributed by atoms with Gasteiger partial charge in [0.25, 0.3) is 17.7 Å². The highest BCUT2D eigenvalue weighted by atomic mass is 35.5. The minimum atomic E-state index is -0.972. The van der Waals surface area contributed by atoms with Crippen molar-refractivity contribution in [2.75, 3.05) is 44.2 Å². The van der Waals surface area contributed by atoms with Gasteiger partial charge in [-0.1, -0.05) is 17.7 Å². The third-order valence-electron chi connectivity index (χ3n) is 11.5. The van der Waals surface area contributed by atoms with Gasteiger partial charge in [-0.25, -0.2) is 4.85 Å². The molecule has 5 aliphatic rings. The molecule has 0 bridgehead atoms. The van der Waals surface area contributed by atoms with Crippen LogP contribution in [0.3, 0.4) is 0 Å². The van der Waals surface area contributed by atoms with Gasteiger partial charge in [0, 0.05) is 76.3 Å². The third kappa shape index (κ3) is 7.06. The lowest BCUT2D eigenvalue weighted by Crippen LogP contribution is -2.54. The van der Waals surface area contributed by atoms with E-state index in [1.807, 2.05) is 41.3 Å². The Morgan fingerprint density at radius 1 is 0.833 bits per heavy atom. The summed E-state index contributed by atoms with van der Waals surface area (Å²) < 4.78 is 6.14. The summed E-state index contributed by atoms with van der Waals surface area (Å²) >= 11 is 6.18. The van der Waals surface area contributed by atoms with E-state index in [4.69, 9.17) is 22.9 Å². The number of amides is 5. The molecule has 8 rings (SSSR count). The van der Waals surface area contributed by atoms with E-state index in [1.54, 1.807) is 18.2 Å². The molecule has 278 valence electrons. The predicted octanol–water partition coefficient (Wildman–Crippen LogP) is 5.25. The molecule has 1 atom stereocenters. The molecule has 3 aromatic carbocycles. The molecule has 5 aliphatic heterocycles. The topological polar surface area (TPSA) is 124 Å². The molecule has 5 amide bonds. The Hall–Kier alpha value is -5.25. The van der Waals surface area contributed by atoms with Gasteiger partial charge in [0.2, 0.25) is 17.5 Å². The molecule has 0 spiro atoms. The third-order valence-corrected chi connectivity index (χ3v) is 11.8. The molecule has 0 saturated carbocycles. The minimum absolute atomic E-state index is 0.0568. The Balaban J connectivity index is 0.804. The average molecular weight is 749 g/mol. The van der Waals surface area contributed by atoms with Crippen LogP contribution in [0, 0.1) is 12.5 Å². The van der Waals surface area contributed by atoms with Gasteiger partial charge < -0.3 is 14.5 Å². The number of nitrogens with zero attached hydrogens (tertiary/aromatic N) is 5. The molecule has 5 heterocycles. The summed E-state index contributed by atoms with van der Waals surface area (Å²) in [4.78, 5) is 75.3. The van der Waals surface area contributed by atoms with Crippen molar-refractivity contribution in [3.63, 3.8) is 0 Å². The van der Waals surface area contributed by atoms with Crippen molar-refractivity contribution >= 4 is 52.5 Å². The maximum Gasteiger partial charge on any atom is 0.262 e. The lowest BCUT2D eigenvalue weighted by Gasteiger charge is -2.37. The fourth-order valence-corrected chi connectivity index (χ4v) is 8.71. The van der Waals surface area contributed by atoms with Crippen LogP contribution in [-0.4, -0.2) is 95.6 Å². The second-order valence-electron chi connectivity index (χ2n) is 14.9. The first-order chi connectivity index (χ1) is 26.1. The number of imide groups is 2. The summed E-state index contributed by atoms with van der Waals surface area (Å²) in [6.07, 6.45) is 4.60. The zero-order valence-corrected chi connectivity index (χ0v) is 30.6. The van der Waals surface area contributed by atoms with Crippen LogP contribution in [0.15, 0.2) is 54.6 Å². The number of benzene rings is 3. The molecule has 1 unspecified atom stereocenters. The van der Waals surface area contributed by atoms with E-state index in [9.17, 15) is 24.0 Å². The number of ether oxygens (including phenoxy) is 1. The predicted molar refractivity (Wildman–Crippen MR) is 201 cm³/mol. The van der Waals surface area contributed by atoms with Crippen molar-refractivity contribution in [1.82, 2.24) is 20.0 Å². The lowest BCUT2D eigenvalue weighted by atomic mass is 9.91. The molecule has 0 aromatic heterocycles. The second-order valence-corrected chi connectivity index (χ2v) is 15.3. The number of carbonyl (C=O) groups excluding carboxylic acids is 5. The van der Waals surface area contributed by atoms with Crippen molar-refractivity contribution in [2.45, 2.75) is 63.6 Å². The zero-order chi connectivity index (χ0) is 37.5. The highest BCUT2D eigenvalue weighted by Crippen LogP contribution is 2.34. The molecule has 0 aliphatic carbocycles. The molecular formula is C41H41ClN6O6. The van der Waals surface area contributed by atoms with Crippen molar-refractivity contribution < 1.29 is 28.7 Å². The first-order valence-corrected chi connectivity index (χ1v) is 19.1. The Bertz CT molecular complexity index is 2060. The van der Waals surface area contributed by atoms with Crippen LogP contribution in [0.4, 0.5) is 11.4 Å². The lowest BCUT2D eigenvalue weighted by molar-refractivity contribution is -0.136. The summed E-state index contributed by atoms with van der Waals surface area (Å²) in [5.74, 6) is -0.762. The van der Waals surface area contributed by atoms with E-state index in [-0.39, 0.29) is 24.9 Å². The highest BCUT2D eigenvalue weighted by molar-refractivity contribution is 6.33. The monoisotopic (exact) mass is 748 g/mol. The maximum absolute atomic E-state index is 13.5. The number of piperidine rings is 3. The van der Waals surface area contributed by atoms with Crippen LogP contribution in [0.1, 0.15) is 80.7 Å². The van der Waals surface area contributed by atoms with Crippen LogP contribution in [-0.2, 0) is 22.6 Å². The fraction of sp³-hybridized carbons (Fsp3) is 0.415. The molecule has 12 nitrogen and oxygen atoms in total. The van der Waals surface area contributed by atoms with E-state index in [2.05, 4.69) is 20.0 Å². The van der Waals surface area contributed by atoms with Crippen molar-refractivity contribution in [2.24, 2.45) is 5.92 Å². The summed E-state index contributed by atoms with van der Waals surface area (Å²) in [5, 5.41) is 2.65. The number of nitrogens with one attached hydrogen (secondary N) is 1. The standard InChI is InChI=1S/C41H41ClN6O6/c1-43-35-7-6-31(22-34(35)42)54-30-13-18-46(19-14-30)29-4-2-26(3-5-29)39(51)47-16-10-25(11-17-47)23-45-15-12-27-20-32-33(21-28(27)24-45)41(53)48(40(32)52)36-8-9-37(49)44-38(36)50/h2-7,20-22,25,30,36H,8-19,23-24H2,(H,44,49,50). The fourth-order valence-electron chi connectivity index (χ4n) is 8.50. The smallest absolute Gasteiger partial charge is 0.262 e. The van der Waals surface area contributed by atoms with Crippen LogP contribution >= 0.6 is 11.6 Å². The number of fused-ring (bicyclic) bond motifs is 2. The Morgan fingerprint density at radius 3 is 2.20 bits per heavy atom. The molecule has 3 aromatic rings. The summed E-state index contributed by atoms with van der Waals surface area (Å²) in [6.45, 7) is 12.7. The maximum atomic E-state index is 13.5. The molecule has 54 heavy (non-hydrogen) atoms. The number of hydrogen-bond donors (Lipinski definition) is 1. The number of anilines is 1. The van der Waals surface area contributed by atoms with Crippen molar-refractivity contribution in [3.8, 4) is 5.75 Å². The van der Waals surface area contributed by atoms with E-state index in [0.29, 0.717) is 58.7 Å². The first kappa shape index (κ1) is 35.8. The first-order valence-electron chi connectivity index (χ1n) is 18.7. The molecule has 13 heteroatoms. The van der Waals surface area contributed by atoms with Crippen molar-refractivity contribution in [1.29, 1.82) is 0 Å². The van der Waals surface area contributed by atoms with Crippen LogP contribution in [0.2, 0.25) is 5.02 Å². The number of likely N-dealkylation sites (tertiary alicyclic amines) is 1. The molecule has 0 radical (unpaired) electrons. The molecule has 3 saturated heterocycles. The molecule has 1 N–H and O–H groups in total. The Labute approximate surface area is 318 Å². The zero-order valence-electron chi connectivity index (χ0n) is 29.9. The Morgan fingerprint density at radius 2 is 1.54 bits per heavy atom. The van der Waals surface area contributed by atoms with E-state index >= 15 is 0 Å². The quantitative estimate of drug-likeness (QED) is 0.257. The minimum Gasteiger partial charge on any atom is -0.490 e. The summed E-state index contributed by atoms with van der Waals surface area (Å²) in [6, 6.07) is 15.8. The van der Waals surface area contributed by atoms with Gasteiger partial charge in [0.15, 0.2) is 0 Å². The van der Waals surface area contributed by atoms with Gasteiger partial charge in [-0.3, -0.25) is 39.1 Å².